The lowest BCUT2D eigenvalue weighted by Crippen LogP contribution is -2.14. The fraction of sp³-hybridized carbons (Fsp3) is 0.303. The maximum atomic E-state index is 11.6. The van der Waals surface area contributed by atoms with Crippen molar-refractivity contribution >= 4 is 43.7 Å². The van der Waals surface area contributed by atoms with Gasteiger partial charge in [0.2, 0.25) is 0 Å². The quantitative estimate of drug-likeness (QED) is 0.0327. The van der Waals surface area contributed by atoms with E-state index in [0.717, 1.165) is 30.4 Å². The van der Waals surface area contributed by atoms with Gasteiger partial charge in [0.05, 0.1) is 39.6 Å². The van der Waals surface area contributed by atoms with Crippen molar-refractivity contribution in [3.63, 3.8) is 0 Å². The molecule has 1 unspecified atom stereocenters. The molecule has 0 bridgehead atoms. The molecule has 45 heavy (non-hydrogen) atoms. The Balaban J connectivity index is 5.36. The SMILES string of the molecule is C=C(C)C(=O)OCCOCCOCCOCCOC(/C=C/C=O)=C/C(/C=C\C=O)C(=C/C=O)/C(=C/C=O)C(=C\C=O)/C=C/C=O. The minimum atomic E-state index is -0.868. The summed E-state index contributed by atoms with van der Waals surface area (Å²) in [5.74, 6) is -1.18. The Labute approximate surface area is 262 Å². The molecule has 0 aromatic carbocycles. The van der Waals surface area contributed by atoms with Crippen LogP contribution in [0.3, 0.4) is 0 Å². The largest absolute Gasteiger partial charge is 0.491 e. The summed E-state index contributed by atoms with van der Waals surface area (Å²) < 4.78 is 26.8. The van der Waals surface area contributed by atoms with E-state index in [-0.39, 0.29) is 62.1 Å². The Morgan fingerprint density at radius 1 is 0.622 bits per heavy atom. The second-order valence-electron chi connectivity index (χ2n) is 8.44. The van der Waals surface area contributed by atoms with Gasteiger partial charge in [0.1, 0.15) is 56.7 Å². The monoisotopic (exact) mass is 626 g/mol. The standard InChI is InChI=1S/C33H38O12/c1-27(2)33(40)45-25-23-43-21-19-41-18-20-42-22-24-44-30(8-5-14-36)26-29(7-4-13-35)32(11-17-39)31(10-16-38)28(9-15-37)6-3-12-34/h3-17,26,29H,1,18-25H2,2H3/b6-3+,7-4-,8-5+,28-9-,30-26+,31-10+,32-11-. The highest BCUT2D eigenvalue weighted by molar-refractivity contribution is 5.87. The zero-order valence-electron chi connectivity index (χ0n) is 25.1. The molecule has 1 atom stereocenters. The van der Waals surface area contributed by atoms with Crippen LogP contribution in [0.25, 0.3) is 0 Å². The highest BCUT2D eigenvalue weighted by atomic mass is 16.6. The number of allylic oxidation sites excluding steroid dienone is 13. The van der Waals surface area contributed by atoms with Gasteiger partial charge in [-0.2, -0.15) is 0 Å². The maximum absolute atomic E-state index is 11.6. The van der Waals surface area contributed by atoms with Crippen molar-refractivity contribution < 1.29 is 57.2 Å². The highest BCUT2D eigenvalue weighted by Gasteiger charge is 2.17. The van der Waals surface area contributed by atoms with Gasteiger partial charge in [0, 0.05) is 11.5 Å². The molecular weight excluding hydrogens is 588 g/mol. The topological polar surface area (TPSA) is 166 Å². The van der Waals surface area contributed by atoms with E-state index in [1.54, 1.807) is 6.92 Å². The van der Waals surface area contributed by atoms with E-state index >= 15 is 0 Å². The zero-order valence-corrected chi connectivity index (χ0v) is 25.1. The predicted molar refractivity (Wildman–Crippen MR) is 164 cm³/mol. The Kier molecular flexibility index (Phi) is 24.9. The molecule has 242 valence electrons. The minimum Gasteiger partial charge on any atom is -0.491 e. The number of carbonyl (C=O) groups excluding carboxylic acids is 7. The first-order valence-corrected chi connectivity index (χ1v) is 13.6. The van der Waals surface area contributed by atoms with E-state index < -0.39 is 11.9 Å². The van der Waals surface area contributed by atoms with Crippen molar-refractivity contribution in [2.45, 2.75) is 6.92 Å². The Morgan fingerprint density at radius 3 is 1.64 bits per heavy atom. The average Bonchev–Trinajstić information content (AvgIpc) is 3.03. The molecule has 12 heteroatoms. The van der Waals surface area contributed by atoms with Crippen LogP contribution in [0.4, 0.5) is 0 Å². The van der Waals surface area contributed by atoms with Crippen molar-refractivity contribution in [1.82, 2.24) is 0 Å². The van der Waals surface area contributed by atoms with Crippen LogP contribution in [0.2, 0.25) is 0 Å². The van der Waals surface area contributed by atoms with Crippen molar-refractivity contribution in [1.29, 1.82) is 0 Å². The fourth-order valence-corrected chi connectivity index (χ4v) is 3.29. The molecule has 0 N–H and O–H groups in total. The van der Waals surface area contributed by atoms with Gasteiger partial charge in [-0.15, -0.1) is 0 Å². The van der Waals surface area contributed by atoms with Crippen LogP contribution in [0.15, 0.2) is 95.4 Å². The van der Waals surface area contributed by atoms with Crippen LogP contribution in [-0.2, 0) is 57.2 Å². The van der Waals surface area contributed by atoms with Crippen LogP contribution in [0.1, 0.15) is 6.92 Å². The van der Waals surface area contributed by atoms with Crippen LogP contribution in [0, 0.1) is 5.92 Å². The van der Waals surface area contributed by atoms with Crippen molar-refractivity contribution in [2.75, 3.05) is 52.9 Å². The van der Waals surface area contributed by atoms with Gasteiger partial charge < -0.3 is 23.7 Å². The van der Waals surface area contributed by atoms with E-state index in [2.05, 4.69) is 6.58 Å². The number of hydrogen-bond donors (Lipinski definition) is 0. The van der Waals surface area contributed by atoms with Crippen LogP contribution in [0.5, 0.6) is 0 Å². The normalized spacial score (nSPS) is 13.5. The van der Waals surface area contributed by atoms with Gasteiger partial charge in [-0.05, 0) is 72.3 Å². The van der Waals surface area contributed by atoms with Gasteiger partial charge in [-0.25, -0.2) is 4.79 Å². The molecule has 0 aliphatic heterocycles. The fourth-order valence-electron chi connectivity index (χ4n) is 3.29. The Morgan fingerprint density at radius 2 is 1.13 bits per heavy atom. The third kappa shape index (κ3) is 19.8. The van der Waals surface area contributed by atoms with Crippen molar-refractivity contribution in [3.05, 3.63) is 95.4 Å². The van der Waals surface area contributed by atoms with Gasteiger partial charge in [0.25, 0.3) is 0 Å². The van der Waals surface area contributed by atoms with Crippen LogP contribution >= 0.6 is 0 Å². The number of ether oxygens (including phenoxy) is 5. The first kappa shape index (κ1) is 40.1. The van der Waals surface area contributed by atoms with E-state index in [0.29, 0.717) is 56.5 Å². The number of esters is 1. The Hall–Kier alpha value is -4.91. The summed E-state index contributed by atoms with van der Waals surface area (Å²) in [6.45, 7) is 6.71. The smallest absolute Gasteiger partial charge is 0.333 e. The number of rotatable bonds is 27. The van der Waals surface area contributed by atoms with Crippen LogP contribution < -0.4 is 0 Å². The summed E-state index contributed by atoms with van der Waals surface area (Å²) in [6.07, 6.45) is 15.1. The summed E-state index contributed by atoms with van der Waals surface area (Å²) in [7, 11) is 0. The first-order valence-electron chi connectivity index (χ1n) is 13.6. The molecule has 0 fully saturated rings. The van der Waals surface area contributed by atoms with Crippen LogP contribution in [-0.4, -0.2) is 96.5 Å². The highest BCUT2D eigenvalue weighted by Crippen LogP contribution is 2.29. The number of hydrogen-bond acceptors (Lipinski definition) is 12. The molecule has 0 heterocycles. The van der Waals surface area contributed by atoms with Gasteiger partial charge >= 0.3 is 5.97 Å². The number of aldehydes is 6. The Bertz CT molecular complexity index is 1200. The summed E-state index contributed by atoms with van der Waals surface area (Å²) in [6, 6.07) is 0. The minimum absolute atomic E-state index is 0.0489. The first-order chi connectivity index (χ1) is 21.9. The molecule has 0 aliphatic rings. The van der Waals surface area contributed by atoms with Crippen molar-refractivity contribution in [3.8, 4) is 0 Å². The number of carbonyl (C=O) groups is 7. The van der Waals surface area contributed by atoms with Gasteiger partial charge in [0.15, 0.2) is 0 Å². The lowest BCUT2D eigenvalue weighted by molar-refractivity contribution is -0.140. The molecule has 0 aliphatic carbocycles. The van der Waals surface area contributed by atoms with E-state index in [1.807, 2.05) is 0 Å². The van der Waals surface area contributed by atoms with Gasteiger partial charge in [-0.3, -0.25) is 28.8 Å². The molecule has 12 nitrogen and oxygen atoms in total. The molecule has 0 radical (unpaired) electrons. The molecule has 0 spiro atoms. The molecule has 0 amide bonds. The molecule has 0 rings (SSSR count). The second-order valence-corrected chi connectivity index (χ2v) is 8.44. The lowest BCUT2D eigenvalue weighted by atomic mass is 9.86. The molecule has 0 aromatic heterocycles. The van der Waals surface area contributed by atoms with E-state index in [9.17, 15) is 33.6 Å². The second kappa shape index (κ2) is 27.9. The lowest BCUT2D eigenvalue weighted by Gasteiger charge is -2.19. The zero-order chi connectivity index (χ0) is 33.5. The molecule has 0 aromatic rings. The van der Waals surface area contributed by atoms with E-state index in [1.165, 1.54) is 30.4 Å². The summed E-state index contributed by atoms with van der Waals surface area (Å²) in [5, 5.41) is 0. The van der Waals surface area contributed by atoms with E-state index in [4.69, 9.17) is 23.7 Å². The maximum Gasteiger partial charge on any atom is 0.333 e. The third-order valence-corrected chi connectivity index (χ3v) is 5.19. The summed E-state index contributed by atoms with van der Waals surface area (Å²) >= 11 is 0. The molecule has 0 saturated carbocycles. The predicted octanol–water partition coefficient (Wildman–Crippen LogP) is 2.31. The summed E-state index contributed by atoms with van der Waals surface area (Å²) in [4.78, 5) is 78.6. The third-order valence-electron chi connectivity index (χ3n) is 5.19. The van der Waals surface area contributed by atoms with Crippen molar-refractivity contribution in [2.24, 2.45) is 5.92 Å². The van der Waals surface area contributed by atoms with Gasteiger partial charge in [-0.1, -0.05) is 18.7 Å². The molecule has 0 saturated heterocycles. The summed E-state index contributed by atoms with van der Waals surface area (Å²) in [5.41, 5.74) is 0.766. The molecular formula is C33H38O12. The average molecular weight is 627 g/mol.